The van der Waals surface area contributed by atoms with Crippen molar-refractivity contribution < 1.29 is 14.6 Å². The normalized spacial score (nSPS) is 14.3. The molecule has 0 radical (unpaired) electrons. The fourth-order valence-corrected chi connectivity index (χ4v) is 2.92. The predicted octanol–water partition coefficient (Wildman–Crippen LogP) is 3.45. The second-order valence-electron chi connectivity index (χ2n) is 5.80. The summed E-state index contributed by atoms with van der Waals surface area (Å²) in [6, 6.07) is 13.7. The van der Waals surface area contributed by atoms with Crippen LogP contribution in [-0.2, 0) is 13.1 Å². The van der Waals surface area contributed by atoms with Gasteiger partial charge in [-0.05, 0) is 36.2 Å². The van der Waals surface area contributed by atoms with Crippen LogP contribution in [0.15, 0.2) is 42.5 Å². The Bertz CT molecular complexity index is 675. The molecule has 1 heterocycles. The number of aliphatic hydroxyl groups is 1. The molecule has 0 bridgehead atoms. The van der Waals surface area contributed by atoms with Crippen molar-refractivity contribution in [3.8, 4) is 11.5 Å². The maximum Gasteiger partial charge on any atom is 0.231 e. The van der Waals surface area contributed by atoms with Crippen LogP contribution in [-0.4, -0.2) is 29.4 Å². The maximum absolute atomic E-state index is 9.78. The Hall–Kier alpha value is -1.75. The molecule has 5 heteroatoms. The molecule has 0 spiro atoms. The van der Waals surface area contributed by atoms with Crippen molar-refractivity contribution in [1.29, 1.82) is 0 Å². The van der Waals surface area contributed by atoms with Crippen LogP contribution in [0.5, 0.6) is 11.5 Å². The quantitative estimate of drug-likeness (QED) is 0.879. The zero-order valence-electron chi connectivity index (χ0n) is 13.0. The summed E-state index contributed by atoms with van der Waals surface area (Å²) in [6.45, 7) is 4.01. The van der Waals surface area contributed by atoms with Crippen LogP contribution in [0.1, 0.15) is 18.1 Å². The van der Waals surface area contributed by atoms with Crippen molar-refractivity contribution in [2.45, 2.75) is 26.1 Å². The largest absolute Gasteiger partial charge is 0.454 e. The lowest BCUT2D eigenvalue weighted by atomic mass is 10.1. The van der Waals surface area contributed by atoms with Gasteiger partial charge in [0.1, 0.15) is 0 Å². The van der Waals surface area contributed by atoms with E-state index < -0.39 is 6.10 Å². The second kappa shape index (κ2) is 7.21. The molecule has 0 aliphatic carbocycles. The monoisotopic (exact) mass is 333 g/mol. The lowest BCUT2D eigenvalue weighted by Crippen LogP contribution is -2.30. The fourth-order valence-electron chi connectivity index (χ4n) is 2.72. The first-order valence-electron chi connectivity index (χ1n) is 7.64. The van der Waals surface area contributed by atoms with E-state index in [4.69, 9.17) is 21.1 Å². The number of hydrogen-bond acceptors (Lipinski definition) is 4. The van der Waals surface area contributed by atoms with E-state index in [0.29, 0.717) is 19.6 Å². The third kappa shape index (κ3) is 4.16. The van der Waals surface area contributed by atoms with Crippen LogP contribution >= 0.6 is 11.6 Å². The third-order valence-corrected chi connectivity index (χ3v) is 4.09. The van der Waals surface area contributed by atoms with E-state index in [-0.39, 0.29) is 6.79 Å². The van der Waals surface area contributed by atoms with E-state index in [1.807, 2.05) is 42.5 Å². The smallest absolute Gasteiger partial charge is 0.231 e. The highest BCUT2D eigenvalue weighted by Gasteiger charge is 2.16. The first-order valence-corrected chi connectivity index (χ1v) is 8.02. The summed E-state index contributed by atoms with van der Waals surface area (Å²) in [4.78, 5) is 2.17. The van der Waals surface area contributed by atoms with E-state index in [1.54, 1.807) is 6.92 Å². The maximum atomic E-state index is 9.78. The molecule has 0 fully saturated rings. The minimum absolute atomic E-state index is 0.274. The SMILES string of the molecule is CC(O)CN(Cc1ccc2c(c1)OCO2)Cc1ccccc1Cl. The molecule has 3 rings (SSSR count). The molecule has 1 N–H and O–H groups in total. The molecule has 0 saturated heterocycles. The van der Waals surface area contributed by atoms with Gasteiger partial charge in [0.05, 0.1) is 6.10 Å². The molecule has 0 aromatic heterocycles. The molecular weight excluding hydrogens is 314 g/mol. The molecule has 1 atom stereocenters. The van der Waals surface area contributed by atoms with Crippen molar-refractivity contribution in [1.82, 2.24) is 4.90 Å². The average molecular weight is 334 g/mol. The van der Waals surface area contributed by atoms with Gasteiger partial charge in [0, 0.05) is 24.7 Å². The number of fused-ring (bicyclic) bond motifs is 1. The summed E-state index contributed by atoms with van der Waals surface area (Å²) in [5.74, 6) is 1.55. The topological polar surface area (TPSA) is 41.9 Å². The van der Waals surface area contributed by atoms with Gasteiger partial charge in [0.2, 0.25) is 6.79 Å². The van der Waals surface area contributed by atoms with E-state index in [1.165, 1.54) is 0 Å². The molecule has 2 aromatic rings. The molecule has 0 saturated carbocycles. The lowest BCUT2D eigenvalue weighted by Gasteiger charge is -2.24. The van der Waals surface area contributed by atoms with Crippen LogP contribution in [0.2, 0.25) is 5.02 Å². The number of hydrogen-bond donors (Lipinski definition) is 1. The second-order valence-corrected chi connectivity index (χ2v) is 6.20. The molecule has 122 valence electrons. The highest BCUT2D eigenvalue weighted by atomic mass is 35.5. The lowest BCUT2D eigenvalue weighted by molar-refractivity contribution is 0.118. The molecular formula is C18H20ClNO3. The van der Waals surface area contributed by atoms with Gasteiger partial charge in [0.25, 0.3) is 0 Å². The summed E-state index contributed by atoms with van der Waals surface area (Å²) in [7, 11) is 0. The van der Waals surface area contributed by atoms with Crippen molar-refractivity contribution in [2.75, 3.05) is 13.3 Å². The Morgan fingerprint density at radius 3 is 2.70 bits per heavy atom. The standard InChI is InChI=1S/C18H20ClNO3/c1-13(21)9-20(11-15-4-2-3-5-16(15)19)10-14-6-7-17-18(8-14)23-12-22-17/h2-8,13,21H,9-12H2,1H3. The summed E-state index contributed by atoms with van der Waals surface area (Å²) in [6.07, 6.45) is -0.411. The Kier molecular flexibility index (Phi) is 5.06. The van der Waals surface area contributed by atoms with E-state index in [9.17, 15) is 5.11 Å². The van der Waals surface area contributed by atoms with Crippen LogP contribution < -0.4 is 9.47 Å². The zero-order chi connectivity index (χ0) is 16.2. The summed E-state index contributed by atoms with van der Waals surface area (Å²) >= 11 is 6.26. The van der Waals surface area contributed by atoms with Crippen LogP contribution in [0.3, 0.4) is 0 Å². The number of nitrogens with zero attached hydrogens (tertiary/aromatic N) is 1. The predicted molar refractivity (Wildman–Crippen MR) is 89.8 cm³/mol. The summed E-state index contributed by atoms with van der Waals surface area (Å²) in [5, 5.41) is 10.5. The summed E-state index contributed by atoms with van der Waals surface area (Å²) < 4.78 is 10.8. The van der Waals surface area contributed by atoms with Crippen molar-refractivity contribution in [2.24, 2.45) is 0 Å². The number of aliphatic hydroxyl groups excluding tert-OH is 1. The van der Waals surface area contributed by atoms with Gasteiger partial charge in [-0.25, -0.2) is 0 Å². The van der Waals surface area contributed by atoms with Crippen LogP contribution in [0.25, 0.3) is 0 Å². The third-order valence-electron chi connectivity index (χ3n) is 3.72. The Labute approximate surface area is 141 Å². The molecule has 4 nitrogen and oxygen atoms in total. The molecule has 23 heavy (non-hydrogen) atoms. The number of benzene rings is 2. The Morgan fingerprint density at radius 2 is 1.91 bits per heavy atom. The molecule has 0 amide bonds. The minimum atomic E-state index is -0.411. The van der Waals surface area contributed by atoms with Gasteiger partial charge in [0.15, 0.2) is 11.5 Å². The minimum Gasteiger partial charge on any atom is -0.454 e. The fraction of sp³-hybridized carbons (Fsp3) is 0.333. The first kappa shape index (κ1) is 16.1. The van der Waals surface area contributed by atoms with Crippen molar-refractivity contribution in [3.05, 3.63) is 58.6 Å². The Morgan fingerprint density at radius 1 is 1.13 bits per heavy atom. The molecule has 2 aromatic carbocycles. The van der Waals surface area contributed by atoms with Gasteiger partial charge in [-0.1, -0.05) is 35.9 Å². The van der Waals surface area contributed by atoms with E-state index in [2.05, 4.69) is 4.90 Å². The van der Waals surface area contributed by atoms with Gasteiger partial charge < -0.3 is 14.6 Å². The first-order chi connectivity index (χ1) is 11.1. The zero-order valence-corrected chi connectivity index (χ0v) is 13.8. The average Bonchev–Trinajstić information content (AvgIpc) is 2.96. The highest BCUT2D eigenvalue weighted by Crippen LogP contribution is 2.33. The summed E-state index contributed by atoms with van der Waals surface area (Å²) in [5.41, 5.74) is 2.16. The van der Waals surface area contributed by atoms with Gasteiger partial charge in [-0.2, -0.15) is 0 Å². The van der Waals surface area contributed by atoms with Crippen molar-refractivity contribution >= 4 is 11.6 Å². The number of ether oxygens (including phenoxy) is 2. The molecule has 1 aliphatic rings. The molecule has 1 unspecified atom stereocenters. The Balaban J connectivity index is 1.75. The molecule has 1 aliphatic heterocycles. The van der Waals surface area contributed by atoms with Gasteiger partial charge in [-0.3, -0.25) is 4.90 Å². The van der Waals surface area contributed by atoms with Gasteiger partial charge in [-0.15, -0.1) is 0 Å². The van der Waals surface area contributed by atoms with E-state index in [0.717, 1.165) is 27.6 Å². The van der Waals surface area contributed by atoms with Gasteiger partial charge >= 0.3 is 0 Å². The van der Waals surface area contributed by atoms with Crippen molar-refractivity contribution in [3.63, 3.8) is 0 Å². The number of rotatable bonds is 6. The number of halogens is 1. The highest BCUT2D eigenvalue weighted by molar-refractivity contribution is 6.31. The van der Waals surface area contributed by atoms with E-state index >= 15 is 0 Å². The van der Waals surface area contributed by atoms with Crippen LogP contribution in [0.4, 0.5) is 0 Å². The van der Waals surface area contributed by atoms with Crippen LogP contribution in [0, 0.1) is 0 Å².